The number of hydrogen-bond acceptors (Lipinski definition) is 7. The molecule has 2 amide bonds. The molecule has 1 atom stereocenters. The number of rotatable bonds is 14. The highest BCUT2D eigenvalue weighted by Crippen LogP contribution is 2.35. The van der Waals surface area contributed by atoms with E-state index in [2.05, 4.69) is 4.72 Å². The molecule has 5 rings (SSSR count). The molecule has 1 unspecified atom stereocenters. The highest BCUT2D eigenvalue weighted by molar-refractivity contribution is 7.89. The van der Waals surface area contributed by atoms with Crippen LogP contribution in [0.25, 0.3) is 10.1 Å². The molecule has 0 saturated carbocycles. The number of benzene rings is 3. The molecule has 9 nitrogen and oxygen atoms in total. The molecule has 1 aromatic heterocycles. The first-order valence-corrected chi connectivity index (χ1v) is 17.8. The van der Waals surface area contributed by atoms with Gasteiger partial charge in [-0.1, -0.05) is 54.1 Å². The van der Waals surface area contributed by atoms with Crippen molar-refractivity contribution in [1.82, 2.24) is 14.5 Å². The predicted molar refractivity (Wildman–Crippen MR) is 182 cm³/mol. The van der Waals surface area contributed by atoms with Crippen molar-refractivity contribution < 1.29 is 27.5 Å². The van der Waals surface area contributed by atoms with E-state index in [9.17, 15) is 18.0 Å². The van der Waals surface area contributed by atoms with Crippen LogP contribution in [0.2, 0.25) is 0 Å². The molecular formula is C35H41N3O6S2. The average molecular weight is 664 g/mol. The maximum absolute atomic E-state index is 14.2. The van der Waals surface area contributed by atoms with Gasteiger partial charge in [-0.3, -0.25) is 9.59 Å². The lowest BCUT2D eigenvalue weighted by Gasteiger charge is -2.51. The van der Waals surface area contributed by atoms with Crippen LogP contribution in [0.3, 0.4) is 0 Å². The number of likely N-dealkylation sites (tertiary alicyclic amines) is 1. The topological polar surface area (TPSA) is 105 Å². The number of nitrogens with one attached hydrogen (secondary N) is 1. The van der Waals surface area contributed by atoms with E-state index in [1.165, 1.54) is 7.11 Å². The first-order chi connectivity index (χ1) is 22.0. The van der Waals surface area contributed by atoms with Gasteiger partial charge in [0.15, 0.2) is 0 Å². The van der Waals surface area contributed by atoms with Gasteiger partial charge in [-0.15, -0.1) is 11.3 Å². The van der Waals surface area contributed by atoms with Crippen molar-refractivity contribution in [2.45, 2.75) is 51.7 Å². The standard InChI is InChI=1S/C35H41N3O6S2/c1-25-10-12-26(13-11-25)23-37(17-7-19-46(41,42)36-22-27-14-15-29(43-3)21-31(27)44-4)34(40)35(2)16-18-38(35)33(39)20-28-24-45-32-9-6-5-8-30(28)32/h5-6,8-15,21,24,36H,7,16-20,22-23H2,1-4H3. The summed E-state index contributed by atoms with van der Waals surface area (Å²) in [6, 6.07) is 21.2. The highest BCUT2D eigenvalue weighted by Gasteiger charge is 2.50. The van der Waals surface area contributed by atoms with Gasteiger partial charge < -0.3 is 19.3 Å². The Hall–Kier alpha value is -3.93. The van der Waals surface area contributed by atoms with Crippen LogP contribution < -0.4 is 14.2 Å². The second-order valence-electron chi connectivity index (χ2n) is 11.9. The fourth-order valence-corrected chi connectivity index (χ4v) is 7.81. The fourth-order valence-electron chi connectivity index (χ4n) is 5.82. The van der Waals surface area contributed by atoms with E-state index >= 15 is 0 Å². The molecule has 4 aromatic rings. The monoisotopic (exact) mass is 663 g/mol. The summed E-state index contributed by atoms with van der Waals surface area (Å²) in [5.74, 6) is 0.727. The van der Waals surface area contributed by atoms with Crippen LogP contribution in [-0.4, -0.2) is 68.6 Å². The third-order valence-corrected chi connectivity index (χ3v) is 11.1. The lowest BCUT2D eigenvalue weighted by Crippen LogP contribution is -2.68. The average Bonchev–Trinajstić information content (AvgIpc) is 3.45. The van der Waals surface area contributed by atoms with Crippen molar-refractivity contribution in [1.29, 1.82) is 0 Å². The summed E-state index contributed by atoms with van der Waals surface area (Å²) in [5, 5.41) is 3.08. The summed E-state index contributed by atoms with van der Waals surface area (Å²) >= 11 is 1.61. The Balaban J connectivity index is 1.26. The largest absolute Gasteiger partial charge is 0.497 e. The first kappa shape index (κ1) is 33.4. The molecule has 3 aromatic carbocycles. The smallest absolute Gasteiger partial charge is 0.248 e. The van der Waals surface area contributed by atoms with Crippen molar-refractivity contribution >= 4 is 43.3 Å². The van der Waals surface area contributed by atoms with Gasteiger partial charge in [0.1, 0.15) is 17.0 Å². The van der Waals surface area contributed by atoms with Gasteiger partial charge in [0.05, 0.1) is 26.4 Å². The van der Waals surface area contributed by atoms with E-state index in [1.807, 2.05) is 67.8 Å². The fraction of sp³-hybridized carbons (Fsp3) is 0.371. The van der Waals surface area contributed by atoms with E-state index < -0.39 is 15.6 Å². The van der Waals surface area contributed by atoms with Gasteiger partial charge >= 0.3 is 0 Å². The molecule has 46 heavy (non-hydrogen) atoms. The van der Waals surface area contributed by atoms with Gasteiger partial charge in [0, 0.05) is 42.5 Å². The molecule has 1 fully saturated rings. The van der Waals surface area contributed by atoms with Crippen LogP contribution in [0.5, 0.6) is 11.5 Å². The van der Waals surface area contributed by atoms with Crippen molar-refractivity contribution in [3.63, 3.8) is 0 Å². The van der Waals surface area contributed by atoms with Crippen molar-refractivity contribution in [2.24, 2.45) is 0 Å². The number of fused-ring (bicyclic) bond motifs is 1. The number of carbonyl (C=O) groups is 2. The number of nitrogens with zero attached hydrogens (tertiary/aromatic N) is 2. The normalized spacial score (nSPS) is 16.2. The third kappa shape index (κ3) is 7.54. The number of amides is 2. The van der Waals surface area contributed by atoms with Crippen LogP contribution in [0.15, 0.2) is 72.1 Å². The maximum atomic E-state index is 14.2. The number of hydrogen-bond donors (Lipinski definition) is 1. The lowest BCUT2D eigenvalue weighted by molar-refractivity contribution is -0.164. The molecule has 1 N–H and O–H groups in total. The molecule has 1 aliphatic heterocycles. The number of thiophene rings is 1. The van der Waals surface area contributed by atoms with Crippen LogP contribution in [-0.2, 0) is 39.1 Å². The van der Waals surface area contributed by atoms with E-state index in [1.54, 1.807) is 46.4 Å². The van der Waals surface area contributed by atoms with Gasteiger partial charge in [-0.2, -0.15) is 0 Å². The minimum atomic E-state index is -3.66. The molecule has 11 heteroatoms. The summed E-state index contributed by atoms with van der Waals surface area (Å²) < 4.78 is 40.4. The van der Waals surface area contributed by atoms with Crippen LogP contribution in [0, 0.1) is 6.92 Å². The summed E-state index contributed by atoms with van der Waals surface area (Å²) in [7, 11) is -0.582. The molecule has 1 saturated heterocycles. The Morgan fingerprint density at radius 3 is 2.48 bits per heavy atom. The number of ether oxygens (including phenoxy) is 2. The molecule has 244 valence electrons. The maximum Gasteiger partial charge on any atom is 0.248 e. The quantitative estimate of drug-likeness (QED) is 0.196. The Labute approximate surface area is 275 Å². The van der Waals surface area contributed by atoms with Gasteiger partial charge in [0.2, 0.25) is 21.8 Å². The van der Waals surface area contributed by atoms with E-state index in [-0.39, 0.29) is 43.5 Å². The Morgan fingerprint density at radius 2 is 1.78 bits per heavy atom. The van der Waals surface area contributed by atoms with Crippen LogP contribution in [0.1, 0.15) is 42.0 Å². The zero-order valence-electron chi connectivity index (χ0n) is 26.7. The van der Waals surface area contributed by atoms with E-state index in [0.717, 1.165) is 26.8 Å². The minimum Gasteiger partial charge on any atom is -0.497 e. The summed E-state index contributed by atoms with van der Waals surface area (Å²) in [6.07, 6.45) is 1.02. The number of sulfonamides is 1. The number of methoxy groups -OCH3 is 2. The van der Waals surface area contributed by atoms with Gasteiger partial charge in [-0.05, 0) is 60.7 Å². The van der Waals surface area contributed by atoms with Crippen molar-refractivity contribution in [3.05, 3.63) is 94.4 Å². The number of carbonyl (C=O) groups excluding carboxylic acids is 2. The molecule has 2 heterocycles. The molecule has 0 bridgehead atoms. The Morgan fingerprint density at radius 1 is 1.02 bits per heavy atom. The van der Waals surface area contributed by atoms with E-state index in [4.69, 9.17) is 9.47 Å². The summed E-state index contributed by atoms with van der Waals surface area (Å²) in [4.78, 5) is 31.1. The van der Waals surface area contributed by atoms with Gasteiger partial charge in [0.25, 0.3) is 0 Å². The first-order valence-electron chi connectivity index (χ1n) is 15.3. The van der Waals surface area contributed by atoms with Crippen molar-refractivity contribution in [2.75, 3.05) is 33.1 Å². The van der Waals surface area contributed by atoms with Crippen LogP contribution >= 0.6 is 11.3 Å². The van der Waals surface area contributed by atoms with Gasteiger partial charge in [-0.25, -0.2) is 13.1 Å². The van der Waals surface area contributed by atoms with Crippen LogP contribution in [0.4, 0.5) is 0 Å². The molecule has 1 aliphatic rings. The molecular weight excluding hydrogens is 623 g/mol. The summed E-state index contributed by atoms with van der Waals surface area (Å²) in [5.41, 5.74) is 2.71. The highest BCUT2D eigenvalue weighted by atomic mass is 32.2. The second-order valence-corrected chi connectivity index (χ2v) is 14.7. The van der Waals surface area contributed by atoms with E-state index in [0.29, 0.717) is 36.6 Å². The number of aryl methyl sites for hydroxylation is 1. The van der Waals surface area contributed by atoms with Crippen molar-refractivity contribution in [3.8, 4) is 11.5 Å². The third-order valence-electron chi connectivity index (χ3n) is 8.68. The summed E-state index contributed by atoms with van der Waals surface area (Å²) in [6.45, 7) is 4.95. The zero-order valence-corrected chi connectivity index (χ0v) is 28.4. The SMILES string of the molecule is COc1ccc(CNS(=O)(=O)CCCN(Cc2ccc(C)cc2)C(=O)C2(C)CCN2C(=O)Cc2csc3ccccc23)c(OC)c1. The second kappa shape index (κ2) is 14.2. The zero-order chi connectivity index (χ0) is 32.9. The Bertz CT molecular complexity index is 1800. The molecule has 0 aliphatic carbocycles. The lowest BCUT2D eigenvalue weighted by atomic mass is 9.84. The predicted octanol–water partition coefficient (Wildman–Crippen LogP) is 5.30. The molecule has 0 spiro atoms. The minimum absolute atomic E-state index is 0.0655. The molecule has 0 radical (unpaired) electrons. The Kier molecular flexibility index (Phi) is 10.3.